The van der Waals surface area contributed by atoms with E-state index >= 15 is 0 Å². The molecule has 2 unspecified atom stereocenters. The van der Waals surface area contributed by atoms with Crippen LogP contribution in [0.4, 0.5) is 0 Å². The maximum atomic E-state index is 10.1. The van der Waals surface area contributed by atoms with E-state index in [1.807, 2.05) is 48.5 Å². The van der Waals surface area contributed by atoms with Gasteiger partial charge in [0.1, 0.15) is 18.5 Å². The van der Waals surface area contributed by atoms with Crippen LogP contribution in [0.15, 0.2) is 67.3 Å². The molecule has 0 aliphatic heterocycles. The minimum atomic E-state index is -0.557. The number of nitrogens with one attached hydrogen (secondary N) is 1. The first kappa shape index (κ1) is 20.2. The fourth-order valence-electron chi connectivity index (χ4n) is 2.39. The molecule has 0 fully saturated rings. The van der Waals surface area contributed by atoms with E-state index in [0.29, 0.717) is 6.54 Å². The number of hydrogen-bond acceptors (Lipinski definition) is 3. The van der Waals surface area contributed by atoms with E-state index in [0.717, 1.165) is 17.7 Å². The molecule has 0 amide bonds. The minimum absolute atomic E-state index is 0. The van der Waals surface area contributed by atoms with Gasteiger partial charge >= 0.3 is 0 Å². The minimum Gasteiger partial charge on any atom is -0.491 e. The lowest BCUT2D eigenvalue weighted by Crippen LogP contribution is -2.33. The smallest absolute Gasteiger partial charge is 0.122 e. The van der Waals surface area contributed by atoms with Gasteiger partial charge in [0.05, 0.1) is 0 Å². The molecule has 2 rings (SSSR count). The Hall–Kier alpha value is -1.81. The van der Waals surface area contributed by atoms with Crippen LogP contribution >= 0.6 is 12.4 Å². The molecular formula is C20H26ClNO2. The van der Waals surface area contributed by atoms with Crippen LogP contribution in [0.1, 0.15) is 24.1 Å². The lowest BCUT2D eigenvalue weighted by Gasteiger charge is -2.18. The Balaban J connectivity index is 0.00000288. The predicted octanol–water partition coefficient (Wildman–Crippen LogP) is 3.93. The highest BCUT2D eigenvalue weighted by atomic mass is 35.5. The Morgan fingerprint density at radius 2 is 1.79 bits per heavy atom. The van der Waals surface area contributed by atoms with Crippen molar-refractivity contribution in [3.8, 4) is 5.75 Å². The van der Waals surface area contributed by atoms with E-state index in [1.165, 1.54) is 5.56 Å². The van der Waals surface area contributed by atoms with Gasteiger partial charge in [0.25, 0.3) is 0 Å². The number of benzene rings is 2. The molecule has 24 heavy (non-hydrogen) atoms. The molecule has 0 aromatic heterocycles. The summed E-state index contributed by atoms with van der Waals surface area (Å²) in [5.74, 6) is 0.808. The molecule has 0 radical (unpaired) electrons. The SMILES string of the molecule is C=CCc1ccccc1OCC(O)CNC(C)c1ccccc1.Cl. The van der Waals surface area contributed by atoms with Crippen LogP contribution in [0.2, 0.25) is 0 Å². The highest BCUT2D eigenvalue weighted by Crippen LogP contribution is 2.19. The van der Waals surface area contributed by atoms with Crippen LogP contribution in [0.5, 0.6) is 5.75 Å². The molecular weight excluding hydrogens is 322 g/mol. The van der Waals surface area contributed by atoms with Gasteiger partial charge in [-0.25, -0.2) is 0 Å². The maximum Gasteiger partial charge on any atom is 0.122 e. The van der Waals surface area contributed by atoms with Crippen molar-refractivity contribution in [1.82, 2.24) is 5.32 Å². The summed E-state index contributed by atoms with van der Waals surface area (Å²) in [7, 11) is 0. The molecule has 0 aliphatic carbocycles. The largest absolute Gasteiger partial charge is 0.491 e. The summed E-state index contributed by atoms with van der Waals surface area (Å²) in [6.45, 7) is 6.59. The third kappa shape index (κ3) is 6.36. The monoisotopic (exact) mass is 347 g/mol. The van der Waals surface area contributed by atoms with Gasteiger partial charge in [-0.05, 0) is 30.5 Å². The second-order valence-corrected chi connectivity index (χ2v) is 5.61. The van der Waals surface area contributed by atoms with E-state index < -0.39 is 6.10 Å². The van der Waals surface area contributed by atoms with Crippen molar-refractivity contribution in [2.24, 2.45) is 0 Å². The number of para-hydroxylation sites is 1. The topological polar surface area (TPSA) is 41.5 Å². The van der Waals surface area contributed by atoms with E-state index in [9.17, 15) is 5.11 Å². The molecule has 4 heteroatoms. The van der Waals surface area contributed by atoms with Crippen LogP contribution in [-0.2, 0) is 6.42 Å². The molecule has 2 atom stereocenters. The second kappa shape index (κ2) is 10.9. The molecule has 0 heterocycles. The Labute approximate surface area is 150 Å². The molecule has 0 bridgehead atoms. The molecule has 2 aromatic carbocycles. The molecule has 2 N–H and O–H groups in total. The summed E-state index contributed by atoms with van der Waals surface area (Å²) in [6, 6.07) is 18.2. The summed E-state index contributed by atoms with van der Waals surface area (Å²) >= 11 is 0. The van der Waals surface area contributed by atoms with E-state index in [2.05, 4.69) is 31.0 Å². The average Bonchev–Trinajstić information content (AvgIpc) is 2.60. The molecule has 0 saturated carbocycles. The normalized spacial score (nSPS) is 12.8. The number of aliphatic hydroxyl groups excluding tert-OH is 1. The zero-order chi connectivity index (χ0) is 16.5. The number of halogens is 1. The average molecular weight is 348 g/mol. The lowest BCUT2D eigenvalue weighted by atomic mass is 10.1. The fraction of sp³-hybridized carbons (Fsp3) is 0.300. The van der Waals surface area contributed by atoms with Crippen molar-refractivity contribution < 1.29 is 9.84 Å². The standard InChI is InChI=1S/C20H25NO2.ClH/c1-3-9-18-12-7-8-13-20(18)23-15-19(22)14-21-16(2)17-10-5-4-6-11-17;/h3-8,10-13,16,19,21-22H,1,9,14-15H2,2H3;1H. The summed E-state index contributed by atoms with van der Waals surface area (Å²) in [4.78, 5) is 0. The highest BCUT2D eigenvalue weighted by Gasteiger charge is 2.10. The van der Waals surface area contributed by atoms with Gasteiger partial charge in [0.2, 0.25) is 0 Å². The lowest BCUT2D eigenvalue weighted by molar-refractivity contribution is 0.104. The Bertz CT molecular complexity index is 604. The van der Waals surface area contributed by atoms with Gasteiger partial charge in [-0.15, -0.1) is 19.0 Å². The van der Waals surface area contributed by atoms with Crippen LogP contribution in [0, 0.1) is 0 Å². The van der Waals surface area contributed by atoms with Crippen molar-refractivity contribution in [1.29, 1.82) is 0 Å². The number of hydrogen-bond donors (Lipinski definition) is 2. The van der Waals surface area contributed by atoms with Gasteiger partial charge in [0, 0.05) is 12.6 Å². The first-order valence-corrected chi connectivity index (χ1v) is 7.98. The summed E-state index contributed by atoms with van der Waals surface area (Å²) < 4.78 is 5.75. The summed E-state index contributed by atoms with van der Waals surface area (Å²) in [5, 5.41) is 13.4. The third-order valence-electron chi connectivity index (χ3n) is 3.73. The van der Waals surface area contributed by atoms with Gasteiger partial charge < -0.3 is 15.2 Å². The van der Waals surface area contributed by atoms with Crippen molar-refractivity contribution in [3.05, 3.63) is 78.4 Å². The van der Waals surface area contributed by atoms with Crippen molar-refractivity contribution >= 4 is 12.4 Å². The number of rotatable bonds is 9. The molecule has 0 aliphatic rings. The van der Waals surface area contributed by atoms with Gasteiger partial charge in [-0.2, -0.15) is 0 Å². The zero-order valence-corrected chi connectivity index (χ0v) is 14.8. The third-order valence-corrected chi connectivity index (χ3v) is 3.73. The molecule has 0 saturated heterocycles. The molecule has 130 valence electrons. The Morgan fingerprint density at radius 3 is 2.50 bits per heavy atom. The van der Waals surface area contributed by atoms with Crippen molar-refractivity contribution in [2.75, 3.05) is 13.2 Å². The Morgan fingerprint density at radius 1 is 1.12 bits per heavy atom. The van der Waals surface area contributed by atoms with Crippen molar-refractivity contribution in [3.63, 3.8) is 0 Å². The predicted molar refractivity (Wildman–Crippen MR) is 102 cm³/mol. The van der Waals surface area contributed by atoms with E-state index in [4.69, 9.17) is 4.74 Å². The Kier molecular flexibility index (Phi) is 9.16. The maximum absolute atomic E-state index is 10.1. The van der Waals surface area contributed by atoms with E-state index in [1.54, 1.807) is 0 Å². The number of aliphatic hydroxyl groups is 1. The van der Waals surface area contributed by atoms with Crippen LogP contribution in [0.3, 0.4) is 0 Å². The fourth-order valence-corrected chi connectivity index (χ4v) is 2.39. The van der Waals surface area contributed by atoms with E-state index in [-0.39, 0.29) is 25.1 Å². The summed E-state index contributed by atoms with van der Waals surface area (Å²) in [6.07, 6.45) is 2.05. The van der Waals surface area contributed by atoms with Gasteiger partial charge in [-0.3, -0.25) is 0 Å². The highest BCUT2D eigenvalue weighted by molar-refractivity contribution is 5.85. The quantitative estimate of drug-likeness (QED) is 0.675. The van der Waals surface area contributed by atoms with Crippen LogP contribution in [0.25, 0.3) is 0 Å². The molecule has 0 spiro atoms. The first-order valence-electron chi connectivity index (χ1n) is 7.98. The molecule has 2 aromatic rings. The first-order chi connectivity index (χ1) is 11.2. The van der Waals surface area contributed by atoms with Crippen LogP contribution in [-0.4, -0.2) is 24.4 Å². The summed E-state index contributed by atoms with van der Waals surface area (Å²) in [5.41, 5.74) is 2.29. The van der Waals surface area contributed by atoms with Crippen molar-refractivity contribution in [2.45, 2.75) is 25.5 Å². The zero-order valence-electron chi connectivity index (χ0n) is 14.0. The van der Waals surface area contributed by atoms with Crippen LogP contribution < -0.4 is 10.1 Å². The van der Waals surface area contributed by atoms with Gasteiger partial charge in [-0.1, -0.05) is 54.6 Å². The van der Waals surface area contributed by atoms with Gasteiger partial charge in [0.15, 0.2) is 0 Å². The molecule has 3 nitrogen and oxygen atoms in total. The second-order valence-electron chi connectivity index (χ2n) is 5.61. The number of allylic oxidation sites excluding steroid dienone is 1. The number of ether oxygens (including phenoxy) is 1.